The van der Waals surface area contributed by atoms with Crippen molar-refractivity contribution in [1.29, 1.82) is 0 Å². The Morgan fingerprint density at radius 3 is 2.54 bits per heavy atom. The van der Waals surface area contributed by atoms with Crippen LogP contribution in [0.5, 0.6) is 0 Å². The van der Waals surface area contributed by atoms with Crippen molar-refractivity contribution in [3.8, 4) is 11.4 Å². The smallest absolute Gasteiger partial charge is 0.349 e. The number of halogens is 4. The zero-order chi connectivity index (χ0) is 25.0. The largest absolute Gasteiger partial charge is 0.416 e. The van der Waals surface area contributed by atoms with Gasteiger partial charge in [0, 0.05) is 11.6 Å². The van der Waals surface area contributed by atoms with Gasteiger partial charge in [0.2, 0.25) is 0 Å². The molecule has 186 valence electrons. The van der Waals surface area contributed by atoms with Crippen molar-refractivity contribution in [2.24, 2.45) is 5.92 Å². The number of rotatable bonds is 7. The fraction of sp³-hybridized carbons (Fsp3) is 0.400. The first-order valence-electron chi connectivity index (χ1n) is 11.6. The Bertz CT molecular complexity index is 1140. The second-order valence-corrected chi connectivity index (χ2v) is 9.33. The number of H-pyrrole nitrogens is 1. The molecule has 6 nitrogen and oxygen atoms in total. The lowest BCUT2D eigenvalue weighted by atomic mass is 9.85. The van der Waals surface area contributed by atoms with Crippen LogP contribution in [-0.4, -0.2) is 33.7 Å². The minimum absolute atomic E-state index is 0.000407. The summed E-state index contributed by atoms with van der Waals surface area (Å²) in [4.78, 5) is 17.2. The van der Waals surface area contributed by atoms with Gasteiger partial charge in [-0.3, -0.25) is 9.89 Å². The molecule has 0 saturated heterocycles. The molecular weight excluding hydrogens is 479 g/mol. The number of aromatic nitrogens is 3. The molecule has 1 fully saturated rings. The highest BCUT2D eigenvalue weighted by molar-refractivity contribution is 6.33. The lowest BCUT2D eigenvalue weighted by Crippen LogP contribution is -2.39. The van der Waals surface area contributed by atoms with Crippen LogP contribution in [0.25, 0.3) is 11.4 Å². The molecule has 1 unspecified atom stereocenters. The molecule has 4 rings (SSSR count). The third-order valence-corrected chi connectivity index (χ3v) is 6.71. The average Bonchev–Trinajstić information content (AvgIpc) is 3.34. The Kier molecular flexibility index (Phi) is 7.76. The first-order valence-corrected chi connectivity index (χ1v) is 12.0. The normalized spacial score (nSPS) is 19.3. The summed E-state index contributed by atoms with van der Waals surface area (Å²) in [6.07, 6.45) is -1.23. The van der Waals surface area contributed by atoms with E-state index in [1.165, 1.54) is 0 Å². The Morgan fingerprint density at radius 1 is 1.14 bits per heavy atom. The highest BCUT2D eigenvalue weighted by atomic mass is 35.5. The standard InChI is InChI=1S/C25H27ClF3N5O/c1-15(22-32-23(34-33-22)17-5-3-2-4-6-17)30-14-16-7-10-19(11-8-16)31-24(35)20-13-18(25(27,28)29)9-12-21(20)26/h2-6,9,12-13,15-16,19,30H,7-8,10-11,14H2,1H3,(H,31,35)(H,32,33,34). The summed E-state index contributed by atoms with van der Waals surface area (Å²) >= 11 is 5.99. The Balaban J connectivity index is 1.24. The van der Waals surface area contributed by atoms with Crippen LogP contribution in [0.1, 0.15) is 60.4 Å². The summed E-state index contributed by atoms with van der Waals surface area (Å²) in [6.45, 7) is 2.82. The van der Waals surface area contributed by atoms with E-state index in [1.54, 1.807) is 0 Å². The van der Waals surface area contributed by atoms with Gasteiger partial charge in [-0.2, -0.15) is 18.3 Å². The number of nitrogens with one attached hydrogen (secondary N) is 3. The summed E-state index contributed by atoms with van der Waals surface area (Å²) in [5.41, 5.74) is -0.0892. The molecule has 1 aromatic heterocycles. The lowest BCUT2D eigenvalue weighted by Gasteiger charge is -2.30. The summed E-state index contributed by atoms with van der Waals surface area (Å²) in [7, 11) is 0. The van der Waals surface area contributed by atoms with Gasteiger partial charge in [0.1, 0.15) is 5.82 Å². The first-order chi connectivity index (χ1) is 16.7. The van der Waals surface area contributed by atoms with Gasteiger partial charge in [-0.25, -0.2) is 4.98 Å². The van der Waals surface area contributed by atoms with Crippen molar-refractivity contribution >= 4 is 17.5 Å². The van der Waals surface area contributed by atoms with Gasteiger partial charge >= 0.3 is 6.18 Å². The third-order valence-electron chi connectivity index (χ3n) is 6.38. The van der Waals surface area contributed by atoms with Crippen LogP contribution < -0.4 is 10.6 Å². The fourth-order valence-electron chi connectivity index (χ4n) is 4.27. The Hall–Kier alpha value is -2.91. The Morgan fingerprint density at radius 2 is 1.86 bits per heavy atom. The van der Waals surface area contributed by atoms with E-state index >= 15 is 0 Å². The van der Waals surface area contributed by atoms with E-state index in [0.717, 1.165) is 61.8 Å². The quantitative estimate of drug-likeness (QED) is 0.380. The molecule has 35 heavy (non-hydrogen) atoms. The predicted octanol–water partition coefficient (Wildman–Crippen LogP) is 5.78. The molecule has 0 radical (unpaired) electrons. The molecule has 1 aliphatic rings. The molecular formula is C25H27ClF3N5O. The number of carbonyl (C=O) groups is 1. The third kappa shape index (κ3) is 6.41. The van der Waals surface area contributed by atoms with Crippen molar-refractivity contribution in [2.45, 2.75) is 50.9 Å². The van der Waals surface area contributed by atoms with E-state index < -0.39 is 17.6 Å². The molecule has 1 saturated carbocycles. The van der Waals surface area contributed by atoms with Crippen LogP contribution in [0.4, 0.5) is 13.2 Å². The van der Waals surface area contributed by atoms with E-state index in [4.69, 9.17) is 11.6 Å². The van der Waals surface area contributed by atoms with Gasteiger partial charge < -0.3 is 10.6 Å². The Labute approximate surface area is 206 Å². The second kappa shape index (κ2) is 10.8. The van der Waals surface area contributed by atoms with Gasteiger partial charge in [0.15, 0.2) is 5.82 Å². The van der Waals surface area contributed by atoms with Gasteiger partial charge in [0.05, 0.1) is 22.2 Å². The van der Waals surface area contributed by atoms with Crippen molar-refractivity contribution in [3.63, 3.8) is 0 Å². The van der Waals surface area contributed by atoms with Crippen molar-refractivity contribution in [1.82, 2.24) is 25.8 Å². The van der Waals surface area contributed by atoms with Crippen molar-refractivity contribution < 1.29 is 18.0 Å². The molecule has 0 bridgehead atoms. The maximum Gasteiger partial charge on any atom is 0.416 e. The number of hydrogen-bond acceptors (Lipinski definition) is 4. The van der Waals surface area contributed by atoms with Crippen LogP contribution in [0, 0.1) is 5.92 Å². The average molecular weight is 506 g/mol. The minimum atomic E-state index is -4.53. The molecule has 1 amide bonds. The molecule has 3 N–H and O–H groups in total. The molecule has 10 heteroatoms. The van der Waals surface area contributed by atoms with Gasteiger partial charge in [-0.05, 0) is 63.3 Å². The number of carbonyl (C=O) groups excluding carboxylic acids is 1. The van der Waals surface area contributed by atoms with Crippen LogP contribution >= 0.6 is 11.6 Å². The van der Waals surface area contributed by atoms with E-state index in [-0.39, 0.29) is 22.7 Å². The summed E-state index contributed by atoms with van der Waals surface area (Å²) in [6, 6.07) is 12.5. The molecule has 1 heterocycles. The molecule has 1 atom stereocenters. The van der Waals surface area contributed by atoms with Gasteiger partial charge in [-0.15, -0.1) is 0 Å². The van der Waals surface area contributed by atoms with E-state index in [1.807, 2.05) is 37.3 Å². The number of benzene rings is 2. The summed E-state index contributed by atoms with van der Waals surface area (Å²) in [5.74, 6) is 1.28. The molecule has 0 spiro atoms. The highest BCUT2D eigenvalue weighted by Crippen LogP contribution is 2.32. The van der Waals surface area contributed by atoms with Gasteiger partial charge in [0.25, 0.3) is 5.91 Å². The predicted molar refractivity (Wildman–Crippen MR) is 128 cm³/mol. The van der Waals surface area contributed by atoms with Crippen LogP contribution in [-0.2, 0) is 6.18 Å². The number of amides is 1. The minimum Gasteiger partial charge on any atom is -0.349 e. The summed E-state index contributed by atoms with van der Waals surface area (Å²) < 4.78 is 39.0. The van der Waals surface area contributed by atoms with Crippen LogP contribution in [0.15, 0.2) is 48.5 Å². The highest BCUT2D eigenvalue weighted by Gasteiger charge is 2.32. The van der Waals surface area contributed by atoms with Crippen molar-refractivity contribution in [3.05, 3.63) is 70.5 Å². The molecule has 3 aromatic rings. The second-order valence-electron chi connectivity index (χ2n) is 8.92. The van der Waals surface area contributed by atoms with Crippen molar-refractivity contribution in [2.75, 3.05) is 6.54 Å². The number of nitrogens with zero attached hydrogens (tertiary/aromatic N) is 2. The lowest BCUT2D eigenvalue weighted by molar-refractivity contribution is -0.137. The zero-order valence-corrected chi connectivity index (χ0v) is 20.0. The number of hydrogen-bond donors (Lipinski definition) is 3. The fourth-order valence-corrected chi connectivity index (χ4v) is 4.48. The summed E-state index contributed by atoms with van der Waals surface area (Å²) in [5, 5.41) is 13.7. The van der Waals surface area contributed by atoms with Gasteiger partial charge in [-0.1, -0.05) is 41.9 Å². The maximum absolute atomic E-state index is 13.0. The van der Waals surface area contributed by atoms with E-state index in [9.17, 15) is 18.0 Å². The zero-order valence-electron chi connectivity index (χ0n) is 19.2. The van der Waals surface area contributed by atoms with E-state index in [2.05, 4.69) is 25.8 Å². The molecule has 1 aliphatic carbocycles. The number of aromatic amines is 1. The molecule has 0 aliphatic heterocycles. The number of alkyl halides is 3. The SMILES string of the molecule is CC(NCC1CCC(NC(=O)c2cc(C(F)(F)F)ccc2Cl)CC1)c1nc(-c2ccccc2)n[nH]1. The monoisotopic (exact) mass is 505 g/mol. The topological polar surface area (TPSA) is 82.7 Å². The first kappa shape index (κ1) is 25.2. The maximum atomic E-state index is 13.0. The van der Waals surface area contributed by atoms with Crippen LogP contribution in [0.3, 0.4) is 0 Å². The molecule has 2 aromatic carbocycles. The van der Waals surface area contributed by atoms with E-state index in [0.29, 0.717) is 11.7 Å². The van der Waals surface area contributed by atoms with Crippen LogP contribution in [0.2, 0.25) is 5.02 Å².